The van der Waals surface area contributed by atoms with Crippen LogP contribution in [0.4, 0.5) is 5.00 Å². The van der Waals surface area contributed by atoms with Gasteiger partial charge in [-0.3, -0.25) is 9.59 Å². The molecule has 0 aliphatic rings. The third-order valence-corrected chi connectivity index (χ3v) is 7.76. The molecule has 0 spiro atoms. The van der Waals surface area contributed by atoms with E-state index in [0.29, 0.717) is 23.1 Å². The number of carbonyl (C=O) groups excluding carboxylic acids is 3. The van der Waals surface area contributed by atoms with Crippen LogP contribution in [-0.4, -0.2) is 44.4 Å². The molecule has 12 heteroatoms. The Kier molecular flexibility index (Phi) is 9.92. The number of nitrogens with zero attached hydrogens (tertiary/aromatic N) is 3. The Labute approximate surface area is 230 Å². The number of amides is 2. The normalized spacial score (nSPS) is 11.9. The van der Waals surface area contributed by atoms with E-state index in [-0.39, 0.29) is 39.3 Å². The van der Waals surface area contributed by atoms with Crippen LogP contribution in [0.2, 0.25) is 0 Å². The number of thiophene rings is 1. The molecule has 1 atom stereocenters. The number of carbonyl (C=O) groups is 3. The Morgan fingerprint density at radius 1 is 1.13 bits per heavy atom. The molecule has 2 heterocycles. The van der Waals surface area contributed by atoms with Crippen molar-refractivity contribution in [3.05, 3.63) is 51.7 Å². The largest absolute Gasteiger partial charge is 0.483 e. The van der Waals surface area contributed by atoms with Crippen LogP contribution in [0.5, 0.6) is 5.75 Å². The highest BCUT2D eigenvalue weighted by Crippen LogP contribution is 2.34. The molecular weight excluding hydrogens is 526 g/mol. The standard InChI is InChI=1S/C26H33N5O5S2/c1-7-17-9-11-18(12-10-17)36-16(6)23-29-30-26(31(23)8-2)37-13-19(32)28-24-20(25(34)35-14(3)4)15(5)21(38-24)22(27)33/h9-12,14,16H,7-8,13H2,1-6H3,(H2,27,33)(H,28,32). The molecule has 1 aromatic carbocycles. The number of benzene rings is 1. The topological polar surface area (TPSA) is 138 Å². The Morgan fingerprint density at radius 2 is 1.82 bits per heavy atom. The van der Waals surface area contributed by atoms with E-state index in [4.69, 9.17) is 15.2 Å². The zero-order valence-electron chi connectivity index (χ0n) is 22.4. The fourth-order valence-corrected chi connectivity index (χ4v) is 5.59. The second kappa shape index (κ2) is 12.9. The third-order valence-electron chi connectivity index (χ3n) is 5.57. The van der Waals surface area contributed by atoms with Gasteiger partial charge < -0.3 is 25.1 Å². The highest BCUT2D eigenvalue weighted by Gasteiger charge is 2.27. The second-order valence-corrected chi connectivity index (χ2v) is 10.7. The maximum atomic E-state index is 12.8. The molecule has 2 amide bonds. The van der Waals surface area contributed by atoms with E-state index in [1.807, 2.05) is 42.7 Å². The van der Waals surface area contributed by atoms with E-state index in [0.717, 1.165) is 23.5 Å². The Hall–Kier alpha value is -3.38. The van der Waals surface area contributed by atoms with Crippen LogP contribution in [0.15, 0.2) is 29.4 Å². The number of nitrogens with one attached hydrogen (secondary N) is 1. The van der Waals surface area contributed by atoms with Gasteiger partial charge in [0, 0.05) is 6.54 Å². The smallest absolute Gasteiger partial charge is 0.341 e. The maximum Gasteiger partial charge on any atom is 0.341 e. The van der Waals surface area contributed by atoms with Gasteiger partial charge in [0.1, 0.15) is 10.8 Å². The Morgan fingerprint density at radius 3 is 2.39 bits per heavy atom. The van der Waals surface area contributed by atoms with E-state index < -0.39 is 11.9 Å². The van der Waals surface area contributed by atoms with Crippen LogP contribution in [0.25, 0.3) is 0 Å². The van der Waals surface area contributed by atoms with Crippen LogP contribution in [-0.2, 0) is 22.5 Å². The van der Waals surface area contributed by atoms with Crippen LogP contribution >= 0.6 is 23.1 Å². The molecule has 10 nitrogen and oxygen atoms in total. The van der Waals surface area contributed by atoms with Gasteiger partial charge in [-0.2, -0.15) is 0 Å². The van der Waals surface area contributed by atoms with Crippen molar-refractivity contribution in [3.63, 3.8) is 0 Å². The van der Waals surface area contributed by atoms with Gasteiger partial charge in [-0.25, -0.2) is 4.79 Å². The van der Waals surface area contributed by atoms with Crippen LogP contribution < -0.4 is 15.8 Å². The van der Waals surface area contributed by atoms with Gasteiger partial charge >= 0.3 is 5.97 Å². The Balaban J connectivity index is 1.70. The van der Waals surface area contributed by atoms with Crippen LogP contribution in [0.3, 0.4) is 0 Å². The minimum atomic E-state index is -0.679. The monoisotopic (exact) mass is 559 g/mol. The predicted molar refractivity (Wildman–Crippen MR) is 148 cm³/mol. The van der Waals surface area contributed by atoms with Crippen molar-refractivity contribution in [1.29, 1.82) is 0 Å². The molecule has 3 aromatic rings. The van der Waals surface area contributed by atoms with Crippen molar-refractivity contribution >= 4 is 45.9 Å². The molecular formula is C26H33N5O5S2. The minimum Gasteiger partial charge on any atom is -0.483 e. The molecule has 0 aliphatic heterocycles. The van der Waals surface area contributed by atoms with Gasteiger partial charge in [-0.1, -0.05) is 30.8 Å². The summed E-state index contributed by atoms with van der Waals surface area (Å²) < 4.78 is 13.3. The summed E-state index contributed by atoms with van der Waals surface area (Å²) in [7, 11) is 0. The lowest BCUT2D eigenvalue weighted by Crippen LogP contribution is -2.18. The molecule has 0 fully saturated rings. The molecule has 1 unspecified atom stereocenters. The van der Waals surface area contributed by atoms with Crippen molar-refractivity contribution < 1.29 is 23.9 Å². The SMILES string of the molecule is CCc1ccc(OC(C)c2nnc(SCC(=O)Nc3sc(C(N)=O)c(C)c3C(=O)OC(C)C)n2CC)cc1. The van der Waals surface area contributed by atoms with Crippen molar-refractivity contribution in [3.8, 4) is 5.75 Å². The summed E-state index contributed by atoms with van der Waals surface area (Å²) in [6.45, 7) is 11.6. The zero-order valence-corrected chi connectivity index (χ0v) is 24.0. The molecule has 38 heavy (non-hydrogen) atoms. The average molecular weight is 560 g/mol. The number of esters is 1. The van der Waals surface area contributed by atoms with Crippen molar-refractivity contribution in [2.24, 2.45) is 5.73 Å². The van der Waals surface area contributed by atoms with Gasteiger partial charge in [0.05, 0.1) is 22.3 Å². The zero-order chi connectivity index (χ0) is 28.0. The summed E-state index contributed by atoms with van der Waals surface area (Å²) in [4.78, 5) is 37.5. The molecule has 0 radical (unpaired) electrons. The highest BCUT2D eigenvalue weighted by atomic mass is 32.2. The number of thioether (sulfide) groups is 1. The van der Waals surface area contributed by atoms with Gasteiger partial charge in [0.15, 0.2) is 17.1 Å². The fraction of sp³-hybridized carbons (Fsp3) is 0.423. The first kappa shape index (κ1) is 29.2. The number of hydrogen-bond acceptors (Lipinski definition) is 9. The lowest BCUT2D eigenvalue weighted by atomic mass is 10.1. The summed E-state index contributed by atoms with van der Waals surface area (Å²) in [5.41, 5.74) is 7.20. The van der Waals surface area contributed by atoms with Crippen LogP contribution in [0, 0.1) is 6.92 Å². The number of primary amides is 1. The van der Waals surface area contributed by atoms with E-state index in [1.165, 1.54) is 17.3 Å². The molecule has 0 bridgehead atoms. The predicted octanol–water partition coefficient (Wildman–Crippen LogP) is 4.77. The molecule has 3 N–H and O–H groups in total. The third kappa shape index (κ3) is 6.93. The number of nitrogens with two attached hydrogens (primary N) is 1. The van der Waals surface area contributed by atoms with E-state index in [2.05, 4.69) is 22.4 Å². The first-order chi connectivity index (χ1) is 18.0. The molecule has 2 aromatic heterocycles. The quantitative estimate of drug-likeness (QED) is 0.239. The lowest BCUT2D eigenvalue weighted by molar-refractivity contribution is -0.113. The maximum absolute atomic E-state index is 12.8. The number of aryl methyl sites for hydroxylation is 1. The lowest BCUT2D eigenvalue weighted by Gasteiger charge is -2.16. The van der Waals surface area contributed by atoms with E-state index >= 15 is 0 Å². The van der Waals surface area contributed by atoms with Gasteiger partial charge in [-0.05, 0) is 64.3 Å². The van der Waals surface area contributed by atoms with Gasteiger partial charge in [-0.15, -0.1) is 21.5 Å². The summed E-state index contributed by atoms with van der Waals surface area (Å²) in [6.07, 6.45) is 0.235. The number of ether oxygens (including phenoxy) is 2. The Bertz CT molecular complexity index is 1300. The number of anilines is 1. The number of rotatable bonds is 12. The number of hydrogen-bond donors (Lipinski definition) is 2. The summed E-state index contributed by atoms with van der Waals surface area (Å²) in [5, 5.41) is 12.1. The first-order valence-electron chi connectivity index (χ1n) is 12.3. The highest BCUT2D eigenvalue weighted by molar-refractivity contribution is 7.99. The molecule has 0 saturated carbocycles. The molecule has 0 aliphatic carbocycles. The molecule has 204 valence electrons. The van der Waals surface area contributed by atoms with Crippen LogP contribution in [0.1, 0.15) is 77.7 Å². The fourth-order valence-electron chi connectivity index (χ4n) is 3.71. The minimum absolute atomic E-state index is 0.00731. The summed E-state index contributed by atoms with van der Waals surface area (Å²) in [5.74, 6) is -0.289. The van der Waals surface area contributed by atoms with Gasteiger partial charge in [0.25, 0.3) is 5.91 Å². The first-order valence-corrected chi connectivity index (χ1v) is 14.1. The molecule has 0 saturated heterocycles. The van der Waals surface area contributed by atoms with Crippen molar-refractivity contribution in [1.82, 2.24) is 14.8 Å². The van der Waals surface area contributed by atoms with Gasteiger partial charge in [0.2, 0.25) is 5.91 Å². The van der Waals surface area contributed by atoms with Crippen molar-refractivity contribution in [2.45, 2.75) is 71.9 Å². The summed E-state index contributed by atoms with van der Waals surface area (Å²) >= 11 is 2.16. The second-order valence-electron chi connectivity index (χ2n) is 8.76. The summed E-state index contributed by atoms with van der Waals surface area (Å²) in [6, 6.07) is 7.93. The van der Waals surface area contributed by atoms with E-state index in [1.54, 1.807) is 20.8 Å². The average Bonchev–Trinajstić information content (AvgIpc) is 3.43. The number of aromatic nitrogens is 3. The van der Waals surface area contributed by atoms with Crippen molar-refractivity contribution in [2.75, 3.05) is 11.1 Å². The van der Waals surface area contributed by atoms with E-state index in [9.17, 15) is 14.4 Å². The molecule has 3 rings (SSSR count).